The van der Waals surface area contributed by atoms with Gasteiger partial charge in [-0.05, 0) is 12.8 Å². The molecule has 1 aromatic rings. The molecule has 1 aromatic heterocycles. The second kappa shape index (κ2) is 4.97. The van der Waals surface area contributed by atoms with Crippen molar-refractivity contribution < 1.29 is 9.90 Å². The van der Waals surface area contributed by atoms with E-state index in [4.69, 9.17) is 5.11 Å². The predicted octanol–water partition coefficient (Wildman–Crippen LogP) is 2.57. The number of aryl methyl sites for hydroxylation is 1. The molecule has 0 atom stereocenters. The van der Waals surface area contributed by atoms with Crippen molar-refractivity contribution in [2.75, 3.05) is 0 Å². The number of aromatic carboxylic acids is 1. The quantitative estimate of drug-likeness (QED) is 0.741. The lowest BCUT2D eigenvalue weighted by molar-refractivity contribution is 0.0702. The Morgan fingerprint density at radius 1 is 1.62 bits per heavy atom. The highest BCUT2D eigenvalue weighted by atomic mass is 32.1. The Bertz CT molecular complexity index is 283. The molecular formula is C9H13NO2S. The molecule has 0 aliphatic carbocycles. The maximum absolute atomic E-state index is 10.5. The van der Waals surface area contributed by atoms with Crippen molar-refractivity contribution in [3.05, 3.63) is 16.1 Å². The number of carboxylic acid groups (broad SMARTS) is 1. The zero-order chi connectivity index (χ0) is 9.68. The Kier molecular flexibility index (Phi) is 3.89. The summed E-state index contributed by atoms with van der Waals surface area (Å²) in [6, 6.07) is 0. The highest BCUT2D eigenvalue weighted by Crippen LogP contribution is 2.15. The number of nitrogens with zero attached hydrogens (tertiary/aromatic N) is 1. The average molecular weight is 199 g/mol. The van der Waals surface area contributed by atoms with Crippen LogP contribution in [-0.2, 0) is 6.42 Å². The van der Waals surface area contributed by atoms with Crippen molar-refractivity contribution in [2.45, 2.75) is 32.6 Å². The fourth-order valence-corrected chi connectivity index (χ4v) is 1.85. The fraction of sp³-hybridized carbons (Fsp3) is 0.556. The van der Waals surface area contributed by atoms with Crippen LogP contribution in [0.15, 0.2) is 6.20 Å². The van der Waals surface area contributed by atoms with Crippen molar-refractivity contribution in [1.29, 1.82) is 0 Å². The first kappa shape index (κ1) is 10.2. The van der Waals surface area contributed by atoms with Crippen LogP contribution in [0.2, 0.25) is 0 Å². The normalized spacial score (nSPS) is 10.2. The summed E-state index contributed by atoms with van der Waals surface area (Å²) in [5.74, 6) is -0.876. The lowest BCUT2D eigenvalue weighted by atomic mass is 10.2. The Balaban J connectivity index is 2.44. The van der Waals surface area contributed by atoms with E-state index in [1.54, 1.807) is 0 Å². The second-order valence-electron chi connectivity index (χ2n) is 2.88. The number of aromatic nitrogens is 1. The van der Waals surface area contributed by atoms with Gasteiger partial charge in [0.05, 0.1) is 11.2 Å². The number of thiazole rings is 1. The van der Waals surface area contributed by atoms with Crippen LogP contribution in [0, 0.1) is 0 Å². The van der Waals surface area contributed by atoms with Gasteiger partial charge in [0.15, 0.2) is 0 Å². The molecule has 0 saturated carbocycles. The highest BCUT2D eigenvalue weighted by molar-refractivity contribution is 7.13. The van der Waals surface area contributed by atoms with Crippen LogP contribution in [0.4, 0.5) is 0 Å². The molecule has 0 amide bonds. The molecule has 0 bridgehead atoms. The smallest absolute Gasteiger partial charge is 0.347 e. The Hall–Kier alpha value is -0.900. The standard InChI is InChI=1S/C9H13NO2S/c1-2-3-4-5-8-10-6-7(13-8)9(11)12/h6H,2-5H2,1H3,(H,11,12). The van der Waals surface area contributed by atoms with Gasteiger partial charge in [-0.1, -0.05) is 19.8 Å². The number of rotatable bonds is 5. The average Bonchev–Trinajstić information content (AvgIpc) is 2.53. The third-order valence-corrected chi connectivity index (χ3v) is 2.80. The van der Waals surface area contributed by atoms with E-state index in [-0.39, 0.29) is 0 Å². The molecule has 0 aliphatic rings. The van der Waals surface area contributed by atoms with Gasteiger partial charge in [0.2, 0.25) is 0 Å². The van der Waals surface area contributed by atoms with Crippen LogP contribution >= 0.6 is 11.3 Å². The van der Waals surface area contributed by atoms with E-state index in [9.17, 15) is 4.79 Å². The largest absolute Gasteiger partial charge is 0.477 e. The molecule has 0 aromatic carbocycles. The first-order valence-corrected chi connectivity index (χ1v) is 5.23. The van der Waals surface area contributed by atoms with Gasteiger partial charge < -0.3 is 5.11 Å². The van der Waals surface area contributed by atoms with Crippen molar-refractivity contribution in [2.24, 2.45) is 0 Å². The molecule has 0 aliphatic heterocycles. The minimum atomic E-state index is -0.876. The number of hydrogen-bond acceptors (Lipinski definition) is 3. The van der Waals surface area contributed by atoms with Crippen molar-refractivity contribution in [1.82, 2.24) is 4.98 Å². The zero-order valence-electron chi connectivity index (χ0n) is 7.62. The number of carbonyl (C=O) groups is 1. The topological polar surface area (TPSA) is 50.2 Å². The van der Waals surface area contributed by atoms with E-state index in [2.05, 4.69) is 11.9 Å². The number of carboxylic acids is 1. The zero-order valence-corrected chi connectivity index (χ0v) is 8.43. The molecule has 4 heteroatoms. The van der Waals surface area contributed by atoms with E-state index in [0.717, 1.165) is 17.8 Å². The molecule has 13 heavy (non-hydrogen) atoms. The van der Waals surface area contributed by atoms with Gasteiger partial charge in [0.25, 0.3) is 0 Å². The summed E-state index contributed by atoms with van der Waals surface area (Å²) in [6.45, 7) is 2.14. The van der Waals surface area contributed by atoms with E-state index in [1.165, 1.54) is 30.4 Å². The van der Waals surface area contributed by atoms with Crippen LogP contribution < -0.4 is 0 Å². The van der Waals surface area contributed by atoms with Crippen molar-refractivity contribution in [3.63, 3.8) is 0 Å². The molecule has 1 rings (SSSR count). The van der Waals surface area contributed by atoms with E-state index in [0.29, 0.717) is 4.88 Å². The molecule has 0 unspecified atom stereocenters. The second-order valence-corrected chi connectivity index (χ2v) is 4.00. The number of hydrogen-bond donors (Lipinski definition) is 1. The SMILES string of the molecule is CCCCCc1ncc(C(=O)O)s1. The minimum Gasteiger partial charge on any atom is -0.477 e. The lowest BCUT2D eigenvalue weighted by Crippen LogP contribution is -1.89. The van der Waals surface area contributed by atoms with Gasteiger partial charge in [0.1, 0.15) is 4.88 Å². The predicted molar refractivity (Wildman–Crippen MR) is 52.3 cm³/mol. The van der Waals surface area contributed by atoms with Gasteiger partial charge in [-0.2, -0.15) is 0 Å². The van der Waals surface area contributed by atoms with E-state index >= 15 is 0 Å². The van der Waals surface area contributed by atoms with Crippen molar-refractivity contribution in [3.8, 4) is 0 Å². The molecule has 1 N–H and O–H groups in total. The number of unbranched alkanes of at least 4 members (excludes halogenated alkanes) is 2. The summed E-state index contributed by atoms with van der Waals surface area (Å²) in [4.78, 5) is 14.9. The summed E-state index contributed by atoms with van der Waals surface area (Å²) in [5.41, 5.74) is 0. The van der Waals surface area contributed by atoms with Gasteiger partial charge in [0, 0.05) is 0 Å². The van der Waals surface area contributed by atoms with Crippen LogP contribution in [0.25, 0.3) is 0 Å². The minimum absolute atomic E-state index is 0.339. The van der Waals surface area contributed by atoms with Crippen LogP contribution in [0.3, 0.4) is 0 Å². The van der Waals surface area contributed by atoms with Gasteiger partial charge in [-0.15, -0.1) is 11.3 Å². The molecule has 0 saturated heterocycles. The third-order valence-electron chi connectivity index (χ3n) is 1.76. The van der Waals surface area contributed by atoms with Crippen molar-refractivity contribution >= 4 is 17.3 Å². The summed E-state index contributed by atoms with van der Waals surface area (Å²) in [5, 5.41) is 9.58. The van der Waals surface area contributed by atoms with Crippen LogP contribution in [0.5, 0.6) is 0 Å². The maximum Gasteiger partial charge on any atom is 0.347 e. The Morgan fingerprint density at radius 3 is 2.92 bits per heavy atom. The summed E-state index contributed by atoms with van der Waals surface area (Å²) in [7, 11) is 0. The van der Waals surface area contributed by atoms with Gasteiger partial charge in [-0.25, -0.2) is 9.78 Å². The fourth-order valence-electron chi connectivity index (χ4n) is 1.05. The summed E-state index contributed by atoms with van der Waals surface area (Å²) >= 11 is 1.28. The third kappa shape index (κ3) is 3.14. The molecule has 0 radical (unpaired) electrons. The summed E-state index contributed by atoms with van der Waals surface area (Å²) in [6.07, 6.45) is 5.81. The first-order chi connectivity index (χ1) is 6.24. The molecular weight excluding hydrogens is 186 g/mol. The molecule has 1 heterocycles. The Morgan fingerprint density at radius 2 is 2.38 bits per heavy atom. The first-order valence-electron chi connectivity index (χ1n) is 4.42. The van der Waals surface area contributed by atoms with E-state index < -0.39 is 5.97 Å². The van der Waals surface area contributed by atoms with E-state index in [1.807, 2.05) is 0 Å². The van der Waals surface area contributed by atoms with Gasteiger partial charge >= 0.3 is 5.97 Å². The lowest BCUT2D eigenvalue weighted by Gasteiger charge is -1.92. The molecule has 3 nitrogen and oxygen atoms in total. The molecule has 0 fully saturated rings. The van der Waals surface area contributed by atoms with Gasteiger partial charge in [-0.3, -0.25) is 0 Å². The summed E-state index contributed by atoms with van der Waals surface area (Å²) < 4.78 is 0. The maximum atomic E-state index is 10.5. The Labute approximate surface area is 81.4 Å². The highest BCUT2D eigenvalue weighted by Gasteiger charge is 2.07. The molecule has 72 valence electrons. The molecule has 0 spiro atoms. The monoisotopic (exact) mass is 199 g/mol. The van der Waals surface area contributed by atoms with Crippen LogP contribution in [0.1, 0.15) is 40.9 Å². The van der Waals surface area contributed by atoms with Crippen LogP contribution in [-0.4, -0.2) is 16.1 Å².